The molecule has 5 heteroatoms. The lowest BCUT2D eigenvalue weighted by atomic mass is 10.4. The van der Waals surface area contributed by atoms with E-state index in [0.717, 1.165) is 25.3 Å². The van der Waals surface area contributed by atoms with Gasteiger partial charge in [0.25, 0.3) is 0 Å². The summed E-state index contributed by atoms with van der Waals surface area (Å²) >= 11 is 5.57. The summed E-state index contributed by atoms with van der Waals surface area (Å²) in [5.74, 6) is 0.686. The van der Waals surface area contributed by atoms with Gasteiger partial charge in [-0.25, -0.2) is 0 Å². The van der Waals surface area contributed by atoms with Crippen LogP contribution in [-0.4, -0.2) is 35.5 Å². The molecule has 0 unspecified atom stereocenters. The Morgan fingerprint density at radius 2 is 1.79 bits per heavy atom. The summed E-state index contributed by atoms with van der Waals surface area (Å²) in [4.78, 5) is 0. The molecule has 0 aliphatic carbocycles. The number of hydrogen-bond donors (Lipinski definition) is 0. The van der Waals surface area contributed by atoms with Crippen LogP contribution in [0.3, 0.4) is 0 Å². The van der Waals surface area contributed by atoms with E-state index in [1.54, 1.807) is 14.2 Å². The lowest BCUT2D eigenvalue weighted by Gasteiger charge is -2.25. The summed E-state index contributed by atoms with van der Waals surface area (Å²) in [5, 5.41) is 0. The molecule has 3 nitrogen and oxygen atoms in total. The second kappa shape index (κ2) is 8.68. The van der Waals surface area contributed by atoms with Crippen LogP contribution in [-0.2, 0) is 13.3 Å². The first-order valence-electron chi connectivity index (χ1n) is 5.05. The summed E-state index contributed by atoms with van der Waals surface area (Å²) in [7, 11) is 0.983. The van der Waals surface area contributed by atoms with E-state index >= 15 is 0 Å². The average Bonchev–Trinajstić information content (AvgIpc) is 2.23. The standard InChI is InChI=1S/C9H21ClO3Si/c1-4-9-14(11-2,12-3)13-8-6-5-7-10/h4-9H2,1-3H3. The second-order valence-corrected chi connectivity index (χ2v) is 6.43. The zero-order valence-corrected chi connectivity index (χ0v) is 11.1. The Bertz CT molecular complexity index is 131. The normalized spacial score (nSPS) is 12.0. The van der Waals surface area contributed by atoms with Gasteiger partial charge >= 0.3 is 8.80 Å². The van der Waals surface area contributed by atoms with E-state index in [0.29, 0.717) is 12.5 Å². The fraction of sp³-hybridized carbons (Fsp3) is 1.00. The Balaban J connectivity index is 3.82. The molecule has 0 radical (unpaired) electrons. The van der Waals surface area contributed by atoms with Crippen LogP contribution in [0, 0.1) is 0 Å². The third kappa shape index (κ3) is 5.31. The van der Waals surface area contributed by atoms with Gasteiger partial charge in [0.1, 0.15) is 0 Å². The molecule has 0 spiro atoms. The van der Waals surface area contributed by atoms with Crippen molar-refractivity contribution in [1.82, 2.24) is 0 Å². The lowest BCUT2D eigenvalue weighted by Crippen LogP contribution is -2.43. The van der Waals surface area contributed by atoms with Crippen molar-refractivity contribution in [3.63, 3.8) is 0 Å². The van der Waals surface area contributed by atoms with Crippen LogP contribution in [0.25, 0.3) is 0 Å². The quantitative estimate of drug-likeness (QED) is 0.352. The number of alkyl halides is 1. The third-order valence-corrected chi connectivity index (χ3v) is 5.30. The Hall–Kier alpha value is 0.387. The highest BCUT2D eigenvalue weighted by Crippen LogP contribution is 2.16. The van der Waals surface area contributed by atoms with Crippen LogP contribution in [0.4, 0.5) is 0 Å². The van der Waals surface area contributed by atoms with Crippen LogP contribution < -0.4 is 0 Å². The molecule has 0 N–H and O–H groups in total. The van der Waals surface area contributed by atoms with E-state index in [4.69, 9.17) is 24.9 Å². The van der Waals surface area contributed by atoms with Crippen molar-refractivity contribution in [2.24, 2.45) is 0 Å². The first-order chi connectivity index (χ1) is 6.74. The summed E-state index contributed by atoms with van der Waals surface area (Å²) in [6.07, 6.45) is 2.96. The fourth-order valence-electron chi connectivity index (χ4n) is 1.21. The molecule has 0 rings (SSSR count). The largest absolute Gasteiger partial charge is 0.500 e. The molecule has 0 aromatic carbocycles. The third-order valence-electron chi connectivity index (χ3n) is 2.03. The fourth-order valence-corrected chi connectivity index (χ4v) is 3.42. The van der Waals surface area contributed by atoms with Gasteiger partial charge in [0.2, 0.25) is 0 Å². The van der Waals surface area contributed by atoms with Crippen molar-refractivity contribution < 1.29 is 13.3 Å². The highest BCUT2D eigenvalue weighted by Gasteiger charge is 2.37. The average molecular weight is 241 g/mol. The summed E-state index contributed by atoms with van der Waals surface area (Å²) < 4.78 is 16.4. The molecule has 0 saturated heterocycles. The van der Waals surface area contributed by atoms with Crippen molar-refractivity contribution >= 4 is 20.4 Å². The molecule has 0 atom stereocenters. The predicted octanol–water partition coefficient (Wildman–Crippen LogP) is 2.66. The van der Waals surface area contributed by atoms with E-state index in [2.05, 4.69) is 6.92 Å². The molecule has 0 aromatic rings. The number of rotatable bonds is 9. The Morgan fingerprint density at radius 1 is 1.14 bits per heavy atom. The number of unbranched alkanes of at least 4 members (excludes halogenated alkanes) is 1. The SMILES string of the molecule is CCC[Si](OC)(OC)OCCCCCl. The van der Waals surface area contributed by atoms with Gasteiger partial charge in [0, 0.05) is 32.8 Å². The maximum atomic E-state index is 5.71. The first kappa shape index (κ1) is 14.4. The van der Waals surface area contributed by atoms with Crippen molar-refractivity contribution in [2.75, 3.05) is 26.7 Å². The van der Waals surface area contributed by atoms with E-state index in [-0.39, 0.29) is 0 Å². The molecular formula is C9H21ClO3Si. The summed E-state index contributed by atoms with van der Waals surface area (Å²) in [5.41, 5.74) is 0. The van der Waals surface area contributed by atoms with Crippen molar-refractivity contribution in [1.29, 1.82) is 0 Å². The van der Waals surface area contributed by atoms with Gasteiger partial charge in [-0.15, -0.1) is 11.6 Å². The van der Waals surface area contributed by atoms with Crippen molar-refractivity contribution in [3.8, 4) is 0 Å². The van der Waals surface area contributed by atoms with Gasteiger partial charge in [0.05, 0.1) is 0 Å². The van der Waals surface area contributed by atoms with Gasteiger partial charge in [-0.05, 0) is 12.8 Å². The van der Waals surface area contributed by atoms with E-state index in [1.165, 1.54) is 0 Å². The molecule has 0 saturated carbocycles. The van der Waals surface area contributed by atoms with E-state index in [1.807, 2.05) is 0 Å². The molecule has 0 bridgehead atoms. The second-order valence-electron chi connectivity index (χ2n) is 3.09. The van der Waals surface area contributed by atoms with Crippen molar-refractivity contribution in [3.05, 3.63) is 0 Å². The molecule has 0 fully saturated rings. The van der Waals surface area contributed by atoms with Crippen LogP contribution in [0.5, 0.6) is 0 Å². The molecule has 0 heterocycles. The van der Waals surface area contributed by atoms with Gasteiger partial charge in [-0.3, -0.25) is 0 Å². The summed E-state index contributed by atoms with van der Waals surface area (Å²) in [6, 6.07) is 0.876. The molecule has 0 aromatic heterocycles. The van der Waals surface area contributed by atoms with Gasteiger partial charge in [0.15, 0.2) is 0 Å². The van der Waals surface area contributed by atoms with Crippen LogP contribution in [0.1, 0.15) is 26.2 Å². The molecule has 0 aliphatic rings. The van der Waals surface area contributed by atoms with Crippen LogP contribution in [0.2, 0.25) is 6.04 Å². The maximum absolute atomic E-state index is 5.71. The molecule has 14 heavy (non-hydrogen) atoms. The smallest absolute Gasteiger partial charge is 0.377 e. The number of hydrogen-bond acceptors (Lipinski definition) is 3. The Morgan fingerprint density at radius 3 is 2.21 bits per heavy atom. The van der Waals surface area contributed by atoms with Gasteiger partial charge in [-0.2, -0.15) is 0 Å². The Kier molecular flexibility index (Phi) is 8.92. The minimum absolute atomic E-state index is 0.681. The zero-order chi connectivity index (χ0) is 10.9. The molecule has 0 aliphatic heterocycles. The lowest BCUT2D eigenvalue weighted by molar-refractivity contribution is 0.0967. The topological polar surface area (TPSA) is 27.7 Å². The van der Waals surface area contributed by atoms with Crippen LogP contribution >= 0.6 is 11.6 Å². The van der Waals surface area contributed by atoms with Gasteiger partial charge in [-0.1, -0.05) is 13.3 Å². The monoisotopic (exact) mass is 240 g/mol. The van der Waals surface area contributed by atoms with E-state index in [9.17, 15) is 0 Å². The molecule has 86 valence electrons. The molecule has 0 amide bonds. The van der Waals surface area contributed by atoms with E-state index < -0.39 is 8.80 Å². The van der Waals surface area contributed by atoms with Gasteiger partial charge < -0.3 is 13.3 Å². The minimum atomic E-state index is -2.34. The predicted molar refractivity (Wildman–Crippen MR) is 60.8 cm³/mol. The molecular weight excluding hydrogens is 220 g/mol. The first-order valence-corrected chi connectivity index (χ1v) is 7.51. The number of halogens is 1. The van der Waals surface area contributed by atoms with Crippen LogP contribution in [0.15, 0.2) is 0 Å². The maximum Gasteiger partial charge on any atom is 0.500 e. The highest BCUT2D eigenvalue weighted by atomic mass is 35.5. The zero-order valence-electron chi connectivity index (χ0n) is 9.35. The Labute approximate surface area is 93.1 Å². The van der Waals surface area contributed by atoms with Crippen molar-refractivity contribution in [2.45, 2.75) is 32.2 Å². The minimum Gasteiger partial charge on any atom is -0.377 e. The summed E-state index contributed by atoms with van der Waals surface area (Å²) in [6.45, 7) is 2.78. The highest BCUT2D eigenvalue weighted by molar-refractivity contribution is 6.60.